The Morgan fingerprint density at radius 2 is 1.73 bits per heavy atom. The molecule has 2 aromatic rings. The van der Waals surface area contributed by atoms with Crippen LogP contribution in [0.4, 0.5) is 0 Å². The molecule has 3 rings (SSSR count). The highest BCUT2D eigenvalue weighted by molar-refractivity contribution is 5.84. The molecule has 1 aromatic carbocycles. The minimum absolute atomic E-state index is 0.514. The molecule has 2 heteroatoms. The molecular formula is C20H30N2. The van der Waals surface area contributed by atoms with E-state index in [-0.39, 0.29) is 0 Å². The lowest BCUT2D eigenvalue weighted by molar-refractivity contribution is 0.389. The van der Waals surface area contributed by atoms with Crippen molar-refractivity contribution in [2.75, 3.05) is 0 Å². The molecule has 0 unspecified atom stereocenters. The van der Waals surface area contributed by atoms with E-state index < -0.39 is 0 Å². The van der Waals surface area contributed by atoms with Crippen molar-refractivity contribution in [2.45, 2.75) is 77.4 Å². The summed E-state index contributed by atoms with van der Waals surface area (Å²) in [7, 11) is 0. The van der Waals surface area contributed by atoms with Crippen LogP contribution in [0.1, 0.15) is 70.4 Å². The third-order valence-corrected chi connectivity index (χ3v) is 5.07. The van der Waals surface area contributed by atoms with Crippen molar-refractivity contribution in [3.8, 4) is 0 Å². The molecule has 1 aliphatic rings. The minimum atomic E-state index is 0.514. The second kappa shape index (κ2) is 7.32. The summed E-state index contributed by atoms with van der Waals surface area (Å²) in [6.45, 7) is 5.53. The molecule has 120 valence electrons. The molecule has 0 spiro atoms. The van der Waals surface area contributed by atoms with Crippen LogP contribution in [0.15, 0.2) is 30.5 Å². The molecule has 0 bridgehead atoms. The maximum absolute atomic E-state index is 3.84. The van der Waals surface area contributed by atoms with Crippen molar-refractivity contribution in [1.82, 2.24) is 9.88 Å². The molecule has 1 aromatic heterocycles. The van der Waals surface area contributed by atoms with E-state index in [1.807, 2.05) is 0 Å². The monoisotopic (exact) mass is 298 g/mol. The first-order valence-corrected chi connectivity index (χ1v) is 9.07. The van der Waals surface area contributed by atoms with Crippen LogP contribution in [0, 0.1) is 0 Å². The zero-order chi connectivity index (χ0) is 15.4. The first-order chi connectivity index (χ1) is 10.8. The van der Waals surface area contributed by atoms with Gasteiger partial charge in [0.1, 0.15) is 0 Å². The van der Waals surface area contributed by atoms with Gasteiger partial charge in [-0.1, -0.05) is 50.3 Å². The Bertz CT molecular complexity index is 589. The van der Waals surface area contributed by atoms with Crippen molar-refractivity contribution < 1.29 is 0 Å². The molecule has 1 N–H and O–H groups in total. The first-order valence-electron chi connectivity index (χ1n) is 9.07. The van der Waals surface area contributed by atoms with Gasteiger partial charge in [0, 0.05) is 35.7 Å². The zero-order valence-corrected chi connectivity index (χ0v) is 14.1. The third-order valence-electron chi connectivity index (χ3n) is 5.07. The summed E-state index contributed by atoms with van der Waals surface area (Å²) in [6, 6.07) is 10.0. The molecule has 22 heavy (non-hydrogen) atoms. The zero-order valence-electron chi connectivity index (χ0n) is 14.1. The number of fused-ring (bicyclic) bond motifs is 1. The second-order valence-corrected chi connectivity index (χ2v) is 7.10. The predicted molar refractivity (Wildman–Crippen MR) is 95.3 cm³/mol. The van der Waals surface area contributed by atoms with Gasteiger partial charge in [0.2, 0.25) is 0 Å². The second-order valence-electron chi connectivity index (χ2n) is 7.10. The van der Waals surface area contributed by atoms with Gasteiger partial charge in [0.15, 0.2) is 0 Å². The molecule has 1 saturated carbocycles. The number of benzene rings is 1. The third kappa shape index (κ3) is 3.55. The summed E-state index contributed by atoms with van der Waals surface area (Å²) < 4.78 is 2.41. The molecular weight excluding hydrogens is 268 g/mol. The van der Waals surface area contributed by atoms with Gasteiger partial charge in [-0.2, -0.15) is 0 Å². The van der Waals surface area contributed by atoms with Crippen LogP contribution in [0.25, 0.3) is 10.9 Å². The Kier molecular flexibility index (Phi) is 5.20. The maximum Gasteiger partial charge on any atom is 0.0486 e. The minimum Gasteiger partial charge on any atom is -0.345 e. The highest BCUT2D eigenvalue weighted by Crippen LogP contribution is 2.25. The molecule has 0 aliphatic heterocycles. The molecule has 1 fully saturated rings. The highest BCUT2D eigenvalue weighted by atomic mass is 15.0. The van der Waals surface area contributed by atoms with Crippen LogP contribution in [-0.2, 0) is 6.54 Å². The van der Waals surface area contributed by atoms with Crippen molar-refractivity contribution in [3.05, 3.63) is 36.0 Å². The molecule has 1 heterocycles. The number of hydrogen-bond donors (Lipinski definition) is 1. The number of para-hydroxylation sites is 1. The Labute approximate surface area is 134 Å². The van der Waals surface area contributed by atoms with Gasteiger partial charge in [-0.3, -0.25) is 0 Å². The van der Waals surface area contributed by atoms with Crippen LogP contribution in [0.5, 0.6) is 0 Å². The topological polar surface area (TPSA) is 17.0 Å². The van der Waals surface area contributed by atoms with Gasteiger partial charge >= 0.3 is 0 Å². The SMILES string of the molecule is CC(C)n1cc(CNC2CCCCCCC2)c2ccccc21. The number of nitrogens with zero attached hydrogens (tertiary/aromatic N) is 1. The van der Waals surface area contributed by atoms with Crippen molar-refractivity contribution >= 4 is 10.9 Å². The maximum atomic E-state index is 3.84. The normalized spacial score (nSPS) is 17.8. The average Bonchev–Trinajstić information content (AvgIpc) is 2.85. The Morgan fingerprint density at radius 1 is 1.05 bits per heavy atom. The van der Waals surface area contributed by atoms with E-state index in [2.05, 4.69) is 54.2 Å². The van der Waals surface area contributed by atoms with Gasteiger partial charge < -0.3 is 9.88 Å². The largest absolute Gasteiger partial charge is 0.345 e. The standard InChI is InChI=1S/C20H30N2/c1-16(2)22-15-17(19-12-8-9-13-20(19)22)14-21-18-10-6-4-3-5-7-11-18/h8-9,12-13,15-16,18,21H,3-7,10-11,14H2,1-2H3. The fraction of sp³-hybridized carbons (Fsp3) is 0.600. The average molecular weight is 298 g/mol. The number of hydrogen-bond acceptors (Lipinski definition) is 1. The molecule has 0 radical (unpaired) electrons. The summed E-state index contributed by atoms with van der Waals surface area (Å²) in [5.74, 6) is 0. The molecule has 0 atom stereocenters. The molecule has 2 nitrogen and oxygen atoms in total. The predicted octanol–water partition coefficient (Wildman–Crippen LogP) is 5.42. The number of nitrogens with one attached hydrogen (secondary N) is 1. The van der Waals surface area contributed by atoms with Crippen LogP contribution < -0.4 is 5.32 Å². The van der Waals surface area contributed by atoms with Crippen LogP contribution in [-0.4, -0.2) is 10.6 Å². The quantitative estimate of drug-likeness (QED) is 0.797. The lowest BCUT2D eigenvalue weighted by atomic mass is 9.96. The first kappa shape index (κ1) is 15.6. The molecule has 0 saturated heterocycles. The lowest BCUT2D eigenvalue weighted by Gasteiger charge is -2.21. The summed E-state index contributed by atoms with van der Waals surface area (Å²) in [4.78, 5) is 0. The van der Waals surface area contributed by atoms with Crippen molar-refractivity contribution in [2.24, 2.45) is 0 Å². The van der Waals surface area contributed by atoms with E-state index in [1.54, 1.807) is 0 Å². The van der Waals surface area contributed by atoms with Gasteiger partial charge in [0.25, 0.3) is 0 Å². The Hall–Kier alpha value is -1.28. The summed E-state index contributed by atoms with van der Waals surface area (Å²) in [5.41, 5.74) is 2.82. The summed E-state index contributed by atoms with van der Waals surface area (Å²) in [5, 5.41) is 5.25. The Morgan fingerprint density at radius 3 is 2.45 bits per heavy atom. The summed E-state index contributed by atoms with van der Waals surface area (Å²) >= 11 is 0. The van der Waals surface area contributed by atoms with Crippen LogP contribution >= 0.6 is 0 Å². The van der Waals surface area contributed by atoms with E-state index >= 15 is 0 Å². The molecule has 1 aliphatic carbocycles. The molecule has 0 amide bonds. The van der Waals surface area contributed by atoms with E-state index in [0.29, 0.717) is 12.1 Å². The van der Waals surface area contributed by atoms with Gasteiger partial charge in [-0.25, -0.2) is 0 Å². The van der Waals surface area contributed by atoms with Gasteiger partial charge in [0.05, 0.1) is 0 Å². The van der Waals surface area contributed by atoms with E-state index in [1.165, 1.54) is 61.4 Å². The fourth-order valence-corrected chi connectivity index (χ4v) is 3.76. The smallest absolute Gasteiger partial charge is 0.0486 e. The van der Waals surface area contributed by atoms with E-state index in [9.17, 15) is 0 Å². The number of aromatic nitrogens is 1. The highest BCUT2D eigenvalue weighted by Gasteiger charge is 2.13. The van der Waals surface area contributed by atoms with Crippen molar-refractivity contribution in [1.29, 1.82) is 0 Å². The van der Waals surface area contributed by atoms with Crippen LogP contribution in [0.3, 0.4) is 0 Å². The van der Waals surface area contributed by atoms with Crippen molar-refractivity contribution in [3.63, 3.8) is 0 Å². The lowest BCUT2D eigenvalue weighted by Crippen LogP contribution is -2.29. The van der Waals surface area contributed by atoms with Gasteiger partial charge in [-0.05, 0) is 38.3 Å². The van der Waals surface area contributed by atoms with Gasteiger partial charge in [-0.15, -0.1) is 0 Å². The fourth-order valence-electron chi connectivity index (χ4n) is 3.76. The summed E-state index contributed by atoms with van der Waals surface area (Å²) in [6.07, 6.45) is 12.1. The van der Waals surface area contributed by atoms with Crippen LogP contribution in [0.2, 0.25) is 0 Å². The Balaban J connectivity index is 1.73. The number of rotatable bonds is 4. The van der Waals surface area contributed by atoms with E-state index in [0.717, 1.165) is 6.54 Å². The van der Waals surface area contributed by atoms with E-state index in [4.69, 9.17) is 0 Å².